The molecule has 0 aliphatic rings. The zero-order valence-corrected chi connectivity index (χ0v) is 10.2. The largest absolute Gasteiger partial charge is 0.460 e. The quantitative estimate of drug-likeness (QED) is 0.447. The van der Waals surface area contributed by atoms with Crippen molar-refractivity contribution in [3.63, 3.8) is 0 Å². The number of carbonyl (C=O) groups is 3. The van der Waals surface area contributed by atoms with Crippen molar-refractivity contribution in [1.29, 1.82) is 0 Å². The number of halogens is 2. The fourth-order valence-electron chi connectivity index (χ4n) is 1.40. The molecule has 0 saturated heterocycles. The predicted octanol–water partition coefficient (Wildman–Crippen LogP) is 1.60. The van der Waals surface area contributed by atoms with E-state index in [0.29, 0.717) is 6.07 Å². The van der Waals surface area contributed by atoms with Gasteiger partial charge in [-0.1, -0.05) is 6.07 Å². The fourth-order valence-corrected chi connectivity index (χ4v) is 1.40. The number of ketones is 2. The van der Waals surface area contributed by atoms with E-state index in [1.54, 1.807) is 0 Å². The van der Waals surface area contributed by atoms with Gasteiger partial charge in [0, 0.05) is 12.5 Å². The summed E-state index contributed by atoms with van der Waals surface area (Å²) in [6, 6.07) is 2.78. The SMILES string of the molecule is CCOC(=O)C(=O)CC(=O)Cc1ccc(F)cc1F. The van der Waals surface area contributed by atoms with E-state index in [0.717, 1.165) is 12.1 Å². The highest BCUT2D eigenvalue weighted by atomic mass is 19.1. The third kappa shape index (κ3) is 4.57. The lowest BCUT2D eigenvalue weighted by atomic mass is 10.0. The lowest BCUT2D eigenvalue weighted by Gasteiger charge is -2.03. The van der Waals surface area contributed by atoms with E-state index < -0.39 is 35.6 Å². The van der Waals surface area contributed by atoms with E-state index in [2.05, 4.69) is 4.74 Å². The van der Waals surface area contributed by atoms with Crippen molar-refractivity contribution in [3.05, 3.63) is 35.4 Å². The molecule has 4 nitrogen and oxygen atoms in total. The van der Waals surface area contributed by atoms with E-state index >= 15 is 0 Å². The van der Waals surface area contributed by atoms with Gasteiger partial charge in [0.05, 0.1) is 13.0 Å². The van der Waals surface area contributed by atoms with E-state index in [9.17, 15) is 23.2 Å². The van der Waals surface area contributed by atoms with Crippen molar-refractivity contribution in [3.8, 4) is 0 Å². The van der Waals surface area contributed by atoms with Crippen LogP contribution in [-0.2, 0) is 25.5 Å². The van der Waals surface area contributed by atoms with E-state index in [1.807, 2.05) is 0 Å². The maximum Gasteiger partial charge on any atom is 0.375 e. The molecule has 0 radical (unpaired) electrons. The third-order valence-electron chi connectivity index (χ3n) is 2.26. The summed E-state index contributed by atoms with van der Waals surface area (Å²) in [4.78, 5) is 33.7. The van der Waals surface area contributed by atoms with Crippen molar-refractivity contribution >= 4 is 17.5 Å². The second-order valence-corrected chi connectivity index (χ2v) is 3.77. The molecule has 1 rings (SSSR count). The average molecular weight is 270 g/mol. The Bertz CT molecular complexity index is 511. The molecule has 0 aliphatic carbocycles. The van der Waals surface area contributed by atoms with Gasteiger partial charge in [-0.2, -0.15) is 0 Å². The van der Waals surface area contributed by atoms with Gasteiger partial charge in [-0.3, -0.25) is 9.59 Å². The maximum absolute atomic E-state index is 13.3. The van der Waals surface area contributed by atoms with Crippen LogP contribution in [0.3, 0.4) is 0 Å². The molecular formula is C13H12F2O4. The van der Waals surface area contributed by atoms with Crippen LogP contribution in [0.25, 0.3) is 0 Å². The molecule has 102 valence electrons. The molecule has 0 atom stereocenters. The second kappa shape index (κ2) is 6.72. The smallest absolute Gasteiger partial charge is 0.375 e. The van der Waals surface area contributed by atoms with E-state index in [-0.39, 0.29) is 18.6 Å². The number of esters is 1. The van der Waals surface area contributed by atoms with Gasteiger partial charge in [0.1, 0.15) is 17.4 Å². The number of benzene rings is 1. The van der Waals surface area contributed by atoms with Crippen LogP contribution in [0.4, 0.5) is 8.78 Å². The summed E-state index contributed by atoms with van der Waals surface area (Å²) < 4.78 is 30.3. The zero-order valence-electron chi connectivity index (χ0n) is 10.2. The van der Waals surface area contributed by atoms with Gasteiger partial charge in [-0.25, -0.2) is 13.6 Å². The van der Waals surface area contributed by atoms with Crippen LogP contribution in [0.2, 0.25) is 0 Å². The Labute approximate surface area is 108 Å². The first-order valence-electron chi connectivity index (χ1n) is 5.59. The predicted molar refractivity (Wildman–Crippen MR) is 61.3 cm³/mol. The van der Waals surface area contributed by atoms with Crippen molar-refractivity contribution in [2.45, 2.75) is 19.8 Å². The standard InChI is InChI=1S/C13H12F2O4/c1-2-19-13(18)12(17)7-10(16)5-8-3-4-9(14)6-11(8)15/h3-4,6H,2,5,7H2,1H3. The van der Waals surface area contributed by atoms with E-state index in [4.69, 9.17) is 0 Å². The van der Waals surface area contributed by atoms with Crippen LogP contribution in [-0.4, -0.2) is 24.1 Å². The van der Waals surface area contributed by atoms with Gasteiger partial charge < -0.3 is 4.74 Å². The summed E-state index contributed by atoms with van der Waals surface area (Å²) in [5.74, 6) is -4.32. The number of hydrogen-bond donors (Lipinski definition) is 0. The minimum atomic E-state index is -1.09. The summed E-state index contributed by atoms with van der Waals surface area (Å²) in [6.07, 6.45) is -1.03. The summed E-state index contributed by atoms with van der Waals surface area (Å²) in [7, 11) is 0. The Morgan fingerprint density at radius 3 is 2.47 bits per heavy atom. The molecule has 0 aromatic heterocycles. The second-order valence-electron chi connectivity index (χ2n) is 3.77. The van der Waals surface area contributed by atoms with Crippen molar-refractivity contribution in [2.75, 3.05) is 6.61 Å². The monoisotopic (exact) mass is 270 g/mol. The summed E-state index contributed by atoms with van der Waals surface area (Å²) in [6.45, 7) is 1.56. The van der Waals surface area contributed by atoms with Crippen LogP contribution in [0.5, 0.6) is 0 Å². The van der Waals surface area contributed by atoms with Crippen LogP contribution < -0.4 is 0 Å². The molecule has 1 aromatic rings. The number of rotatable bonds is 6. The first-order chi connectivity index (χ1) is 8.93. The Kier molecular flexibility index (Phi) is 5.29. The highest BCUT2D eigenvalue weighted by Crippen LogP contribution is 2.11. The van der Waals surface area contributed by atoms with Crippen molar-refractivity contribution < 1.29 is 27.9 Å². The van der Waals surface area contributed by atoms with Crippen LogP contribution in [0.15, 0.2) is 18.2 Å². The van der Waals surface area contributed by atoms with Crippen molar-refractivity contribution in [1.82, 2.24) is 0 Å². The zero-order chi connectivity index (χ0) is 14.4. The highest BCUT2D eigenvalue weighted by molar-refractivity contribution is 6.37. The number of ether oxygens (including phenoxy) is 1. The molecule has 1 aromatic carbocycles. The molecular weight excluding hydrogens is 258 g/mol. The molecule has 0 unspecified atom stereocenters. The molecule has 0 bridgehead atoms. The van der Waals surface area contributed by atoms with Gasteiger partial charge in [-0.15, -0.1) is 0 Å². The first-order valence-corrected chi connectivity index (χ1v) is 5.59. The molecule has 0 aliphatic heterocycles. The number of Topliss-reactive ketones (excluding diaryl/α,β-unsaturated/α-hetero) is 2. The van der Waals surface area contributed by atoms with Crippen LogP contribution in [0, 0.1) is 11.6 Å². The summed E-state index contributed by atoms with van der Waals surface area (Å²) in [5.41, 5.74) is -0.0249. The van der Waals surface area contributed by atoms with Gasteiger partial charge in [0.2, 0.25) is 5.78 Å². The Balaban J connectivity index is 2.60. The highest BCUT2D eigenvalue weighted by Gasteiger charge is 2.19. The Hall–Kier alpha value is -2.11. The first kappa shape index (κ1) is 14.9. The molecule has 19 heavy (non-hydrogen) atoms. The minimum Gasteiger partial charge on any atom is -0.460 e. The lowest BCUT2D eigenvalue weighted by Crippen LogP contribution is -2.21. The summed E-state index contributed by atoms with van der Waals surface area (Å²) in [5, 5.41) is 0. The van der Waals surface area contributed by atoms with Crippen LogP contribution in [0.1, 0.15) is 18.9 Å². The van der Waals surface area contributed by atoms with Crippen molar-refractivity contribution in [2.24, 2.45) is 0 Å². The van der Waals surface area contributed by atoms with Gasteiger partial charge >= 0.3 is 5.97 Å². The molecule has 0 fully saturated rings. The maximum atomic E-state index is 13.3. The molecule has 6 heteroatoms. The van der Waals surface area contributed by atoms with Gasteiger partial charge in [0.15, 0.2) is 0 Å². The number of hydrogen-bond acceptors (Lipinski definition) is 4. The third-order valence-corrected chi connectivity index (χ3v) is 2.26. The lowest BCUT2D eigenvalue weighted by molar-refractivity contribution is -0.154. The van der Waals surface area contributed by atoms with E-state index in [1.165, 1.54) is 6.92 Å². The van der Waals surface area contributed by atoms with Crippen LogP contribution >= 0.6 is 0 Å². The molecule has 0 saturated carbocycles. The fraction of sp³-hybridized carbons (Fsp3) is 0.308. The number of carbonyl (C=O) groups excluding carboxylic acids is 3. The normalized spacial score (nSPS) is 10.1. The topological polar surface area (TPSA) is 60.4 Å². The molecule has 0 heterocycles. The minimum absolute atomic E-state index is 0.0249. The Morgan fingerprint density at radius 2 is 1.89 bits per heavy atom. The molecule has 0 amide bonds. The van der Waals surface area contributed by atoms with Gasteiger partial charge in [-0.05, 0) is 18.6 Å². The Morgan fingerprint density at radius 1 is 1.21 bits per heavy atom. The molecule has 0 N–H and O–H groups in total. The average Bonchev–Trinajstić information content (AvgIpc) is 2.33. The molecule has 0 spiro atoms. The summed E-state index contributed by atoms with van der Waals surface area (Å²) >= 11 is 0. The van der Waals surface area contributed by atoms with Gasteiger partial charge in [0.25, 0.3) is 0 Å².